The van der Waals surface area contributed by atoms with Gasteiger partial charge in [0.25, 0.3) is 0 Å². The quantitative estimate of drug-likeness (QED) is 0.394. The normalized spacial score (nSPS) is 15.0. The highest BCUT2D eigenvalue weighted by molar-refractivity contribution is 6.66. The SMILES string of the molecule is Nc1c(Cl)cc2c(c1Cl)B(O)OC2.Nc1ccc2c(c1)B(O)OC2. The minimum Gasteiger partial charge on any atom is -0.423 e. The van der Waals surface area contributed by atoms with Crippen LogP contribution in [0.4, 0.5) is 11.4 Å². The summed E-state index contributed by atoms with van der Waals surface area (Å²) in [5.74, 6) is 0. The predicted molar refractivity (Wildman–Crippen MR) is 96.5 cm³/mol. The number of nitrogens with two attached hydrogens (primary N) is 2. The number of benzene rings is 2. The van der Waals surface area contributed by atoms with Crippen LogP contribution < -0.4 is 22.4 Å². The van der Waals surface area contributed by atoms with E-state index in [1.54, 1.807) is 18.2 Å². The number of nitrogen functional groups attached to an aromatic ring is 2. The van der Waals surface area contributed by atoms with Crippen LogP contribution in [0.2, 0.25) is 10.0 Å². The zero-order chi connectivity index (χ0) is 17.4. The first kappa shape index (κ1) is 17.4. The average Bonchev–Trinajstić information content (AvgIpc) is 3.09. The number of hydrogen-bond donors (Lipinski definition) is 4. The van der Waals surface area contributed by atoms with Crippen molar-refractivity contribution in [2.45, 2.75) is 13.2 Å². The smallest absolute Gasteiger partial charge is 0.423 e. The molecule has 0 bridgehead atoms. The van der Waals surface area contributed by atoms with E-state index in [1.165, 1.54) is 0 Å². The Bertz CT molecular complexity index is 794. The lowest BCUT2D eigenvalue weighted by atomic mass is 9.79. The van der Waals surface area contributed by atoms with E-state index in [-0.39, 0.29) is 10.7 Å². The molecule has 0 radical (unpaired) electrons. The van der Waals surface area contributed by atoms with Crippen molar-refractivity contribution in [2.24, 2.45) is 0 Å². The molecule has 6 N–H and O–H groups in total. The Labute approximate surface area is 149 Å². The molecule has 0 aromatic heterocycles. The fraction of sp³-hybridized carbons (Fsp3) is 0.143. The van der Waals surface area contributed by atoms with E-state index in [9.17, 15) is 10.0 Å². The molecule has 0 atom stereocenters. The van der Waals surface area contributed by atoms with E-state index in [1.807, 2.05) is 6.07 Å². The molecule has 0 saturated heterocycles. The molecule has 10 heteroatoms. The number of rotatable bonds is 0. The summed E-state index contributed by atoms with van der Waals surface area (Å²) in [6, 6.07) is 7.09. The molecule has 0 spiro atoms. The topological polar surface area (TPSA) is 111 Å². The average molecular weight is 367 g/mol. The lowest BCUT2D eigenvalue weighted by Crippen LogP contribution is -2.29. The van der Waals surface area contributed by atoms with Crippen LogP contribution in [-0.4, -0.2) is 24.3 Å². The van der Waals surface area contributed by atoms with Gasteiger partial charge in [0, 0.05) is 11.2 Å². The van der Waals surface area contributed by atoms with Gasteiger partial charge in [-0.1, -0.05) is 29.3 Å². The van der Waals surface area contributed by atoms with Gasteiger partial charge in [-0.05, 0) is 34.8 Å². The molecule has 4 rings (SSSR count). The van der Waals surface area contributed by atoms with Crippen LogP contribution in [0.15, 0.2) is 24.3 Å². The highest BCUT2D eigenvalue weighted by Gasteiger charge is 2.31. The summed E-state index contributed by atoms with van der Waals surface area (Å²) in [6.07, 6.45) is 0. The highest BCUT2D eigenvalue weighted by atomic mass is 35.5. The van der Waals surface area contributed by atoms with E-state index >= 15 is 0 Å². The van der Waals surface area contributed by atoms with E-state index in [4.69, 9.17) is 44.0 Å². The molecule has 2 aromatic carbocycles. The minimum absolute atomic E-state index is 0.284. The van der Waals surface area contributed by atoms with Crippen LogP contribution >= 0.6 is 23.2 Å². The third-order valence-corrected chi connectivity index (χ3v) is 4.57. The second-order valence-electron chi connectivity index (χ2n) is 5.44. The first-order valence-electron chi connectivity index (χ1n) is 7.12. The predicted octanol–water partition coefficient (Wildman–Crippen LogP) is 0.280. The van der Waals surface area contributed by atoms with Crippen LogP contribution in [-0.2, 0) is 22.5 Å². The van der Waals surface area contributed by atoms with Gasteiger partial charge in [0.05, 0.1) is 28.9 Å². The maximum absolute atomic E-state index is 9.37. The Balaban J connectivity index is 0.000000143. The molecule has 2 aromatic rings. The Morgan fingerprint density at radius 2 is 1.62 bits per heavy atom. The molecule has 2 heterocycles. The summed E-state index contributed by atoms with van der Waals surface area (Å²) in [6.45, 7) is 0.799. The van der Waals surface area contributed by atoms with Crippen molar-refractivity contribution in [3.63, 3.8) is 0 Å². The largest absolute Gasteiger partial charge is 0.493 e. The number of halogens is 2. The van der Waals surface area contributed by atoms with Crippen molar-refractivity contribution in [3.05, 3.63) is 45.4 Å². The third-order valence-electron chi connectivity index (χ3n) is 3.85. The lowest BCUT2D eigenvalue weighted by molar-refractivity contribution is 0.275. The van der Waals surface area contributed by atoms with Gasteiger partial charge in [-0.2, -0.15) is 0 Å². The fourth-order valence-electron chi connectivity index (χ4n) is 2.57. The van der Waals surface area contributed by atoms with Gasteiger partial charge >= 0.3 is 14.2 Å². The summed E-state index contributed by atoms with van der Waals surface area (Å²) in [7, 11) is -1.77. The van der Waals surface area contributed by atoms with Gasteiger partial charge in [0.2, 0.25) is 0 Å². The summed E-state index contributed by atoms with van der Waals surface area (Å²) in [5.41, 5.74) is 15.2. The molecule has 24 heavy (non-hydrogen) atoms. The Morgan fingerprint density at radius 1 is 0.958 bits per heavy atom. The number of fused-ring (bicyclic) bond motifs is 2. The van der Waals surface area contributed by atoms with Gasteiger partial charge in [0.1, 0.15) is 0 Å². The van der Waals surface area contributed by atoms with Crippen LogP contribution in [0.25, 0.3) is 0 Å². The van der Waals surface area contributed by atoms with Crippen LogP contribution in [0.5, 0.6) is 0 Å². The molecule has 2 aliphatic rings. The molecule has 6 nitrogen and oxygen atoms in total. The third kappa shape index (κ3) is 3.21. The highest BCUT2D eigenvalue weighted by Crippen LogP contribution is 2.30. The first-order chi connectivity index (χ1) is 11.4. The molecule has 0 fully saturated rings. The molecule has 0 unspecified atom stereocenters. The van der Waals surface area contributed by atoms with Crippen molar-refractivity contribution >= 4 is 59.7 Å². The molecule has 0 amide bonds. The minimum atomic E-state index is -0.984. The van der Waals surface area contributed by atoms with Crippen molar-refractivity contribution in [2.75, 3.05) is 11.5 Å². The van der Waals surface area contributed by atoms with Gasteiger partial charge in [-0.25, -0.2) is 0 Å². The van der Waals surface area contributed by atoms with E-state index in [2.05, 4.69) is 0 Å². The Kier molecular flexibility index (Phi) is 4.96. The van der Waals surface area contributed by atoms with Crippen molar-refractivity contribution in [1.82, 2.24) is 0 Å². The second kappa shape index (κ2) is 6.84. The monoisotopic (exact) mass is 366 g/mol. The van der Waals surface area contributed by atoms with Crippen molar-refractivity contribution < 1.29 is 19.4 Å². The molecular weight excluding hydrogens is 353 g/mol. The van der Waals surface area contributed by atoms with E-state index < -0.39 is 14.2 Å². The van der Waals surface area contributed by atoms with Crippen LogP contribution in [0, 0.1) is 0 Å². The van der Waals surface area contributed by atoms with Gasteiger partial charge in [-0.15, -0.1) is 0 Å². The first-order valence-corrected chi connectivity index (χ1v) is 7.88. The van der Waals surface area contributed by atoms with Gasteiger partial charge < -0.3 is 30.8 Å². The summed E-state index contributed by atoms with van der Waals surface area (Å²) >= 11 is 11.7. The van der Waals surface area contributed by atoms with Crippen LogP contribution in [0.1, 0.15) is 11.1 Å². The van der Waals surface area contributed by atoms with Gasteiger partial charge in [0.15, 0.2) is 0 Å². The van der Waals surface area contributed by atoms with Crippen LogP contribution in [0.3, 0.4) is 0 Å². The van der Waals surface area contributed by atoms with Crippen molar-refractivity contribution in [1.29, 1.82) is 0 Å². The molecule has 124 valence electrons. The lowest BCUT2D eigenvalue weighted by Gasteiger charge is -2.06. The summed E-state index contributed by atoms with van der Waals surface area (Å²) in [5, 5.41) is 19.3. The van der Waals surface area contributed by atoms with E-state index in [0.717, 1.165) is 16.6 Å². The number of anilines is 2. The van der Waals surface area contributed by atoms with Crippen molar-refractivity contribution in [3.8, 4) is 0 Å². The standard InChI is InChI=1S/C7H6BCl2NO2.C7H8BNO2/c9-4-1-3-2-13-8(12)5(3)6(10)7(4)11;9-6-2-1-5-4-11-8(10)7(5)3-6/h1,12H,2,11H2;1-3,10H,4,9H2. The van der Waals surface area contributed by atoms with Gasteiger partial charge in [-0.3, -0.25) is 0 Å². The molecule has 2 aliphatic heterocycles. The number of hydrogen-bond acceptors (Lipinski definition) is 6. The molecular formula is C14H14B2Cl2N2O4. The zero-order valence-corrected chi connectivity index (χ0v) is 14.0. The summed E-state index contributed by atoms with van der Waals surface area (Å²) in [4.78, 5) is 0. The second-order valence-corrected chi connectivity index (χ2v) is 6.23. The fourth-order valence-corrected chi connectivity index (χ4v) is 3.16. The van der Waals surface area contributed by atoms with E-state index in [0.29, 0.717) is 29.4 Å². The Morgan fingerprint density at radius 3 is 2.38 bits per heavy atom. The maximum Gasteiger partial charge on any atom is 0.493 e. The Hall–Kier alpha value is -1.41. The molecule has 0 saturated carbocycles. The molecule has 0 aliphatic carbocycles. The zero-order valence-electron chi connectivity index (χ0n) is 12.5. The summed E-state index contributed by atoms with van der Waals surface area (Å²) < 4.78 is 9.95. The maximum atomic E-state index is 9.37.